The van der Waals surface area contributed by atoms with Crippen LogP contribution in [-0.2, 0) is 0 Å². The minimum atomic E-state index is -4.55. The van der Waals surface area contributed by atoms with Crippen molar-refractivity contribution in [3.05, 3.63) is 38.3 Å². The number of carbonyl (C=O) groups is 1. The van der Waals surface area contributed by atoms with Gasteiger partial charge in [0.05, 0.1) is 4.92 Å². The van der Waals surface area contributed by atoms with E-state index in [9.17, 15) is 28.1 Å². The van der Waals surface area contributed by atoms with Gasteiger partial charge in [0.25, 0.3) is 11.6 Å². The zero-order valence-corrected chi connectivity index (χ0v) is 13.5. The molecule has 0 bridgehead atoms. The van der Waals surface area contributed by atoms with Crippen LogP contribution in [0.2, 0.25) is 0 Å². The Hall–Kier alpha value is -1.16. The number of nitro benzene ring substituents is 1. The first-order valence-corrected chi connectivity index (χ1v) is 7.42. The molecule has 0 heterocycles. The molecule has 0 radical (unpaired) electrons. The van der Waals surface area contributed by atoms with E-state index in [4.69, 9.17) is 0 Å². The van der Waals surface area contributed by atoms with E-state index in [-0.39, 0.29) is 27.6 Å². The molecule has 0 aliphatic rings. The number of nitrogens with zero attached hydrogens (tertiary/aromatic N) is 2. The Morgan fingerprint density at radius 2 is 1.95 bits per heavy atom. The average Bonchev–Trinajstić information content (AvgIpc) is 2.35. The van der Waals surface area contributed by atoms with Crippen molar-refractivity contribution in [2.75, 3.05) is 18.4 Å². The SMILES string of the molecule is O=C(c1cc(Br)cc([N+](=O)[O-])c1)N(CCBr)CC(F)(F)F. The van der Waals surface area contributed by atoms with Gasteiger partial charge in [0, 0.05) is 34.0 Å². The highest BCUT2D eigenvalue weighted by atomic mass is 79.9. The Bertz CT molecular complexity index is 552. The van der Waals surface area contributed by atoms with E-state index in [2.05, 4.69) is 31.9 Å². The van der Waals surface area contributed by atoms with Crippen LogP contribution in [0.15, 0.2) is 22.7 Å². The maximum atomic E-state index is 12.5. The highest BCUT2D eigenvalue weighted by Crippen LogP contribution is 2.24. The quantitative estimate of drug-likeness (QED) is 0.403. The molecule has 0 N–H and O–H groups in total. The Balaban J connectivity index is 3.11. The number of non-ortho nitro benzene ring substituents is 1. The fraction of sp³-hybridized carbons (Fsp3) is 0.364. The molecule has 21 heavy (non-hydrogen) atoms. The monoisotopic (exact) mass is 432 g/mol. The van der Waals surface area contributed by atoms with Gasteiger partial charge >= 0.3 is 6.18 Å². The highest BCUT2D eigenvalue weighted by Gasteiger charge is 2.33. The van der Waals surface area contributed by atoms with Gasteiger partial charge in [0.2, 0.25) is 0 Å². The largest absolute Gasteiger partial charge is 0.406 e. The lowest BCUT2D eigenvalue weighted by molar-refractivity contribution is -0.385. The second-order valence-electron chi connectivity index (χ2n) is 3.99. The maximum Gasteiger partial charge on any atom is 0.406 e. The molecule has 1 amide bonds. The molecule has 1 aromatic rings. The van der Waals surface area contributed by atoms with E-state index in [0.29, 0.717) is 4.90 Å². The summed E-state index contributed by atoms with van der Waals surface area (Å²) in [7, 11) is 0. The zero-order valence-electron chi connectivity index (χ0n) is 10.4. The third-order valence-electron chi connectivity index (χ3n) is 2.35. The van der Waals surface area contributed by atoms with Crippen LogP contribution in [0.3, 0.4) is 0 Å². The van der Waals surface area contributed by atoms with Crippen LogP contribution in [0.25, 0.3) is 0 Å². The first-order chi connectivity index (χ1) is 9.64. The predicted molar refractivity (Wildman–Crippen MR) is 76.5 cm³/mol. The molecular weight excluding hydrogens is 425 g/mol. The molecular formula is C11H9Br2F3N2O3. The van der Waals surface area contributed by atoms with Crippen molar-refractivity contribution in [2.45, 2.75) is 6.18 Å². The summed E-state index contributed by atoms with van der Waals surface area (Å²) in [5.74, 6) is -0.920. The van der Waals surface area contributed by atoms with Crippen molar-refractivity contribution >= 4 is 43.5 Å². The van der Waals surface area contributed by atoms with Crippen LogP contribution in [0.1, 0.15) is 10.4 Å². The summed E-state index contributed by atoms with van der Waals surface area (Å²) in [4.78, 5) is 22.7. The molecule has 0 fully saturated rings. The summed E-state index contributed by atoms with van der Waals surface area (Å²) in [5, 5.41) is 10.9. The molecule has 0 atom stereocenters. The fourth-order valence-corrected chi connectivity index (χ4v) is 2.47. The molecule has 0 unspecified atom stereocenters. The Labute approximate surface area is 134 Å². The smallest absolute Gasteiger partial charge is 0.329 e. The van der Waals surface area contributed by atoms with Gasteiger partial charge in [-0.3, -0.25) is 14.9 Å². The van der Waals surface area contributed by atoms with Crippen molar-refractivity contribution in [3.63, 3.8) is 0 Å². The van der Waals surface area contributed by atoms with E-state index in [0.717, 1.165) is 12.1 Å². The molecule has 0 saturated carbocycles. The van der Waals surface area contributed by atoms with Gasteiger partial charge in [-0.15, -0.1) is 0 Å². The molecule has 116 valence electrons. The van der Waals surface area contributed by atoms with E-state index >= 15 is 0 Å². The minimum Gasteiger partial charge on any atom is -0.329 e. The average molecular weight is 434 g/mol. The molecule has 0 spiro atoms. The third-order valence-corrected chi connectivity index (χ3v) is 3.16. The second kappa shape index (κ2) is 7.21. The molecule has 0 aromatic heterocycles. The van der Waals surface area contributed by atoms with E-state index in [1.54, 1.807) is 0 Å². The number of benzene rings is 1. The third kappa shape index (κ3) is 5.62. The molecule has 1 aromatic carbocycles. The van der Waals surface area contributed by atoms with Crippen molar-refractivity contribution in [2.24, 2.45) is 0 Å². The number of alkyl halides is 4. The van der Waals surface area contributed by atoms with Crippen molar-refractivity contribution < 1.29 is 22.9 Å². The van der Waals surface area contributed by atoms with Gasteiger partial charge in [-0.2, -0.15) is 13.2 Å². The Morgan fingerprint density at radius 1 is 1.33 bits per heavy atom. The summed E-state index contributed by atoms with van der Waals surface area (Å²) in [5.41, 5.74) is -0.556. The van der Waals surface area contributed by atoms with Crippen molar-refractivity contribution in [3.8, 4) is 0 Å². The molecule has 0 aliphatic heterocycles. The summed E-state index contributed by atoms with van der Waals surface area (Å²) in [6, 6.07) is 3.35. The standard InChI is InChI=1S/C11H9Br2F3N2O3/c12-1-2-17(6-11(14,15)16)10(19)7-3-8(13)5-9(4-7)18(20)21/h3-5H,1-2,6H2. The summed E-state index contributed by atoms with van der Waals surface area (Å²) in [6.07, 6.45) is -4.55. The van der Waals surface area contributed by atoms with Gasteiger partial charge in [-0.1, -0.05) is 31.9 Å². The Kier molecular flexibility index (Phi) is 6.14. The minimum absolute atomic E-state index is 0.158. The van der Waals surface area contributed by atoms with Crippen molar-refractivity contribution in [1.29, 1.82) is 0 Å². The van der Waals surface area contributed by atoms with E-state index < -0.39 is 23.6 Å². The van der Waals surface area contributed by atoms with E-state index in [1.165, 1.54) is 6.07 Å². The number of rotatable bonds is 5. The molecule has 0 saturated heterocycles. The number of amides is 1. The van der Waals surface area contributed by atoms with Crippen LogP contribution >= 0.6 is 31.9 Å². The number of carbonyl (C=O) groups excluding carboxylic acids is 1. The lowest BCUT2D eigenvalue weighted by atomic mass is 10.1. The number of hydrogen-bond donors (Lipinski definition) is 0. The lowest BCUT2D eigenvalue weighted by Crippen LogP contribution is -2.40. The van der Waals surface area contributed by atoms with Gasteiger partial charge in [0.1, 0.15) is 6.54 Å². The van der Waals surface area contributed by atoms with Crippen LogP contribution in [0.5, 0.6) is 0 Å². The molecule has 0 aliphatic carbocycles. The number of halogens is 5. The normalized spacial score (nSPS) is 11.3. The highest BCUT2D eigenvalue weighted by molar-refractivity contribution is 9.10. The van der Waals surface area contributed by atoms with Crippen LogP contribution in [0, 0.1) is 10.1 Å². The molecule has 1 rings (SSSR count). The zero-order chi connectivity index (χ0) is 16.2. The molecule has 10 heteroatoms. The molecule has 5 nitrogen and oxygen atoms in total. The summed E-state index contributed by atoms with van der Waals surface area (Å²) in [6.45, 7) is -1.59. The summed E-state index contributed by atoms with van der Waals surface area (Å²) < 4.78 is 37.6. The number of hydrogen-bond acceptors (Lipinski definition) is 3. The first-order valence-electron chi connectivity index (χ1n) is 5.51. The lowest BCUT2D eigenvalue weighted by Gasteiger charge is -2.23. The van der Waals surface area contributed by atoms with E-state index in [1.807, 2.05) is 0 Å². The van der Waals surface area contributed by atoms with Crippen LogP contribution in [-0.4, -0.2) is 40.3 Å². The second-order valence-corrected chi connectivity index (χ2v) is 5.69. The van der Waals surface area contributed by atoms with Gasteiger partial charge in [-0.05, 0) is 6.07 Å². The topological polar surface area (TPSA) is 63.4 Å². The van der Waals surface area contributed by atoms with Crippen molar-refractivity contribution in [1.82, 2.24) is 4.90 Å². The van der Waals surface area contributed by atoms with Gasteiger partial charge in [-0.25, -0.2) is 0 Å². The fourth-order valence-electron chi connectivity index (χ4n) is 1.56. The number of nitro groups is 1. The van der Waals surface area contributed by atoms with Gasteiger partial charge < -0.3 is 4.90 Å². The van der Waals surface area contributed by atoms with Crippen LogP contribution in [0.4, 0.5) is 18.9 Å². The Morgan fingerprint density at radius 3 is 2.43 bits per heavy atom. The first kappa shape index (κ1) is 17.9. The maximum absolute atomic E-state index is 12.5. The van der Waals surface area contributed by atoms with Gasteiger partial charge in [0.15, 0.2) is 0 Å². The summed E-state index contributed by atoms with van der Waals surface area (Å²) >= 11 is 5.96. The predicted octanol–water partition coefficient (Wildman–Crippen LogP) is 3.76. The van der Waals surface area contributed by atoms with Crippen LogP contribution < -0.4 is 0 Å².